The summed E-state index contributed by atoms with van der Waals surface area (Å²) in [5, 5.41) is 14.0. The lowest BCUT2D eigenvalue weighted by atomic mass is 10.1. The molecule has 0 bridgehead atoms. The molecule has 0 fully saturated rings. The molecule has 5 nitrogen and oxygen atoms in total. The number of aromatic carboxylic acids is 1. The van der Waals surface area contributed by atoms with Crippen molar-refractivity contribution < 1.29 is 9.90 Å². The molecule has 0 aliphatic heterocycles. The molecular formula is C15H19N3O2. The van der Waals surface area contributed by atoms with Gasteiger partial charge >= 0.3 is 5.97 Å². The van der Waals surface area contributed by atoms with E-state index in [9.17, 15) is 9.90 Å². The van der Waals surface area contributed by atoms with E-state index in [1.165, 1.54) is 6.20 Å². The number of nitrogens with one attached hydrogen (secondary N) is 1. The van der Waals surface area contributed by atoms with Gasteiger partial charge in [-0.15, -0.1) is 0 Å². The van der Waals surface area contributed by atoms with E-state index in [2.05, 4.69) is 15.2 Å². The van der Waals surface area contributed by atoms with Crippen LogP contribution in [-0.4, -0.2) is 48.1 Å². The minimum Gasteiger partial charge on any atom is -0.478 e. The third-order valence-corrected chi connectivity index (χ3v) is 3.10. The highest BCUT2D eigenvalue weighted by molar-refractivity contribution is 6.06. The molecule has 0 saturated carbocycles. The maximum Gasteiger partial charge on any atom is 0.337 e. The molecule has 0 spiro atoms. The molecule has 20 heavy (non-hydrogen) atoms. The number of hydrogen-bond donors (Lipinski definition) is 2. The zero-order valence-corrected chi connectivity index (χ0v) is 11.8. The van der Waals surface area contributed by atoms with Crippen LogP contribution in [0, 0.1) is 0 Å². The number of nitrogens with zero attached hydrogens (tertiary/aromatic N) is 2. The number of aromatic nitrogens is 1. The van der Waals surface area contributed by atoms with Crippen LogP contribution in [0.5, 0.6) is 0 Å². The van der Waals surface area contributed by atoms with Crippen molar-refractivity contribution in [2.75, 3.05) is 32.5 Å². The third-order valence-electron chi connectivity index (χ3n) is 3.10. The molecule has 0 aliphatic carbocycles. The third kappa shape index (κ3) is 3.24. The second kappa shape index (κ2) is 6.34. The summed E-state index contributed by atoms with van der Waals surface area (Å²) < 4.78 is 0. The first kappa shape index (κ1) is 14.3. The Morgan fingerprint density at radius 1 is 1.30 bits per heavy atom. The number of pyridine rings is 1. The highest BCUT2D eigenvalue weighted by Gasteiger charge is 2.11. The Morgan fingerprint density at radius 3 is 2.65 bits per heavy atom. The van der Waals surface area contributed by atoms with Gasteiger partial charge in [0.1, 0.15) is 5.82 Å². The number of carbonyl (C=O) groups is 1. The van der Waals surface area contributed by atoms with Crippen LogP contribution < -0.4 is 5.32 Å². The van der Waals surface area contributed by atoms with Crippen LogP contribution in [-0.2, 0) is 0 Å². The first-order chi connectivity index (χ1) is 9.59. The fourth-order valence-electron chi connectivity index (χ4n) is 2.11. The lowest BCUT2D eigenvalue weighted by molar-refractivity contribution is 0.0698. The molecule has 5 heteroatoms. The zero-order chi connectivity index (χ0) is 14.5. The van der Waals surface area contributed by atoms with E-state index >= 15 is 0 Å². The Balaban J connectivity index is 2.22. The number of benzene rings is 1. The molecule has 0 unspecified atom stereocenters. The highest BCUT2D eigenvalue weighted by Crippen LogP contribution is 2.24. The summed E-state index contributed by atoms with van der Waals surface area (Å²) in [4.78, 5) is 17.6. The first-order valence-corrected chi connectivity index (χ1v) is 6.59. The maximum absolute atomic E-state index is 11.2. The second-order valence-electron chi connectivity index (χ2n) is 4.95. The molecule has 1 aromatic carbocycles. The average Bonchev–Trinajstić information content (AvgIpc) is 2.43. The summed E-state index contributed by atoms with van der Waals surface area (Å²) in [5.41, 5.74) is 0.236. The van der Waals surface area contributed by atoms with Crippen LogP contribution in [0.3, 0.4) is 0 Å². The monoisotopic (exact) mass is 273 g/mol. The van der Waals surface area contributed by atoms with Gasteiger partial charge in [-0.2, -0.15) is 0 Å². The van der Waals surface area contributed by atoms with Crippen molar-refractivity contribution in [3.05, 3.63) is 36.0 Å². The van der Waals surface area contributed by atoms with E-state index in [1.807, 2.05) is 38.4 Å². The van der Waals surface area contributed by atoms with Gasteiger partial charge in [-0.25, -0.2) is 9.78 Å². The van der Waals surface area contributed by atoms with Crippen LogP contribution in [0.25, 0.3) is 10.8 Å². The Bertz CT molecular complexity index is 611. The van der Waals surface area contributed by atoms with Crippen LogP contribution in [0.1, 0.15) is 16.8 Å². The van der Waals surface area contributed by atoms with Gasteiger partial charge in [-0.1, -0.05) is 24.3 Å². The Hall–Kier alpha value is -2.14. The van der Waals surface area contributed by atoms with E-state index in [-0.39, 0.29) is 5.56 Å². The second-order valence-corrected chi connectivity index (χ2v) is 4.95. The number of carboxylic acids is 1. The SMILES string of the molecule is CN(C)CCCNc1ncc(C(=O)O)c2ccccc12. The maximum atomic E-state index is 11.2. The number of anilines is 1. The van der Waals surface area contributed by atoms with Crippen LogP contribution >= 0.6 is 0 Å². The van der Waals surface area contributed by atoms with Gasteiger partial charge in [-0.05, 0) is 27.1 Å². The summed E-state index contributed by atoms with van der Waals surface area (Å²) in [5.74, 6) is -0.211. The summed E-state index contributed by atoms with van der Waals surface area (Å²) in [6.45, 7) is 1.81. The van der Waals surface area contributed by atoms with E-state index in [1.54, 1.807) is 0 Å². The van der Waals surface area contributed by atoms with Crippen LogP contribution in [0.4, 0.5) is 5.82 Å². The Morgan fingerprint density at radius 2 is 2.00 bits per heavy atom. The van der Waals surface area contributed by atoms with Gasteiger partial charge in [0.2, 0.25) is 0 Å². The summed E-state index contributed by atoms with van der Waals surface area (Å²) in [6, 6.07) is 7.43. The molecule has 0 aliphatic rings. The summed E-state index contributed by atoms with van der Waals surface area (Å²) in [6.07, 6.45) is 2.42. The fourth-order valence-corrected chi connectivity index (χ4v) is 2.11. The molecule has 106 valence electrons. The summed E-state index contributed by atoms with van der Waals surface area (Å²) in [7, 11) is 4.07. The van der Waals surface area contributed by atoms with Crippen molar-refractivity contribution in [1.82, 2.24) is 9.88 Å². The van der Waals surface area contributed by atoms with Gasteiger partial charge in [0, 0.05) is 23.5 Å². The minimum atomic E-state index is -0.951. The van der Waals surface area contributed by atoms with Crippen molar-refractivity contribution in [2.45, 2.75) is 6.42 Å². The molecule has 0 saturated heterocycles. The molecule has 0 atom stereocenters. The molecule has 2 N–H and O–H groups in total. The normalized spacial score (nSPS) is 10.9. The lowest BCUT2D eigenvalue weighted by Crippen LogP contribution is -2.16. The van der Waals surface area contributed by atoms with Crippen LogP contribution in [0.2, 0.25) is 0 Å². The van der Waals surface area contributed by atoms with Crippen molar-refractivity contribution in [2.24, 2.45) is 0 Å². The van der Waals surface area contributed by atoms with Crippen molar-refractivity contribution in [3.8, 4) is 0 Å². The first-order valence-electron chi connectivity index (χ1n) is 6.59. The molecule has 1 aromatic heterocycles. The predicted octanol–water partition coefficient (Wildman–Crippen LogP) is 2.30. The van der Waals surface area contributed by atoms with Crippen molar-refractivity contribution >= 4 is 22.6 Å². The molecule has 0 amide bonds. The minimum absolute atomic E-state index is 0.236. The lowest BCUT2D eigenvalue weighted by Gasteiger charge is -2.12. The predicted molar refractivity (Wildman–Crippen MR) is 80.4 cm³/mol. The number of carboxylic acid groups (broad SMARTS) is 1. The number of hydrogen-bond acceptors (Lipinski definition) is 4. The van der Waals surface area contributed by atoms with Crippen molar-refractivity contribution in [3.63, 3.8) is 0 Å². The van der Waals surface area contributed by atoms with Gasteiger partial charge in [-0.3, -0.25) is 0 Å². The number of fused-ring (bicyclic) bond motifs is 1. The van der Waals surface area contributed by atoms with E-state index in [0.29, 0.717) is 5.39 Å². The van der Waals surface area contributed by atoms with E-state index in [4.69, 9.17) is 0 Å². The fraction of sp³-hybridized carbons (Fsp3) is 0.333. The van der Waals surface area contributed by atoms with Crippen molar-refractivity contribution in [1.29, 1.82) is 0 Å². The average molecular weight is 273 g/mol. The zero-order valence-electron chi connectivity index (χ0n) is 11.8. The molecule has 2 aromatic rings. The van der Waals surface area contributed by atoms with Gasteiger partial charge in [0.15, 0.2) is 0 Å². The Kier molecular flexibility index (Phi) is 4.53. The molecule has 0 radical (unpaired) electrons. The number of rotatable bonds is 6. The van der Waals surface area contributed by atoms with Gasteiger partial charge < -0.3 is 15.3 Å². The standard InChI is InChI=1S/C15H19N3O2/c1-18(2)9-5-8-16-14-12-7-4-3-6-11(12)13(10-17-14)15(19)20/h3-4,6-7,10H,5,8-9H2,1-2H3,(H,16,17)(H,19,20). The van der Waals surface area contributed by atoms with Crippen LogP contribution in [0.15, 0.2) is 30.5 Å². The molecule has 2 rings (SSSR count). The quantitative estimate of drug-likeness (QED) is 0.791. The molecule has 1 heterocycles. The van der Waals surface area contributed by atoms with E-state index < -0.39 is 5.97 Å². The Labute approximate surface area is 118 Å². The van der Waals surface area contributed by atoms with Gasteiger partial charge in [0.05, 0.1) is 5.56 Å². The smallest absolute Gasteiger partial charge is 0.337 e. The largest absolute Gasteiger partial charge is 0.478 e. The molecular weight excluding hydrogens is 254 g/mol. The summed E-state index contributed by atoms with van der Waals surface area (Å²) >= 11 is 0. The highest BCUT2D eigenvalue weighted by atomic mass is 16.4. The van der Waals surface area contributed by atoms with E-state index in [0.717, 1.165) is 30.7 Å². The van der Waals surface area contributed by atoms with Gasteiger partial charge in [0.25, 0.3) is 0 Å². The topological polar surface area (TPSA) is 65.5 Å².